The third-order valence-electron chi connectivity index (χ3n) is 14.8. The highest BCUT2D eigenvalue weighted by Gasteiger charge is 2.61. The van der Waals surface area contributed by atoms with E-state index in [0.717, 1.165) is 0 Å². The molecule has 9 aromatic carbocycles. The summed E-state index contributed by atoms with van der Waals surface area (Å²) in [7, 11) is 0. The first-order valence-electron chi connectivity index (χ1n) is 29.4. The van der Waals surface area contributed by atoms with Crippen molar-refractivity contribution in [2.45, 2.75) is 71.6 Å². The van der Waals surface area contributed by atoms with Crippen LogP contribution in [0.2, 0.25) is 0 Å². The van der Waals surface area contributed by atoms with Gasteiger partial charge < -0.3 is 54.0 Å². The van der Waals surface area contributed by atoms with Crippen molar-refractivity contribution in [1.29, 1.82) is 0 Å². The molecule has 0 bridgehead atoms. The van der Waals surface area contributed by atoms with E-state index in [0.29, 0.717) is 50.1 Å². The summed E-state index contributed by atoms with van der Waals surface area (Å²) < 4.78 is 101. The minimum atomic E-state index is -3.69. The smallest absolute Gasteiger partial charge is 0.224 e. The van der Waals surface area contributed by atoms with E-state index in [1.54, 1.807) is 273 Å². The fraction of sp³-hybridized carbons (Fsp3) is 0.217. The van der Waals surface area contributed by atoms with Crippen molar-refractivity contribution in [1.82, 2.24) is 0 Å². The lowest BCUT2D eigenvalue weighted by atomic mass is 9.80. The van der Waals surface area contributed by atoms with Gasteiger partial charge in [0.2, 0.25) is 5.79 Å². The minimum Gasteiger partial charge on any atom is -0.387 e. The van der Waals surface area contributed by atoms with Crippen LogP contribution >= 0.6 is 0 Å². The van der Waals surface area contributed by atoms with Crippen LogP contribution < -0.4 is 0 Å². The fourth-order valence-corrected chi connectivity index (χ4v) is 10.8. The number of aliphatic hydroxyl groups is 5. The van der Waals surface area contributed by atoms with Crippen molar-refractivity contribution in [2.75, 3.05) is 19.7 Å². The van der Waals surface area contributed by atoms with Gasteiger partial charge in [0.1, 0.15) is 66.1 Å². The van der Waals surface area contributed by atoms with Crippen LogP contribution in [-0.4, -0.2) is 100 Å². The average Bonchev–Trinajstić information content (AvgIpc) is 1.48. The molecule has 80 heavy (non-hydrogen) atoms. The Balaban J connectivity index is 1.07. The topological polar surface area (TPSA) is 157 Å². The second-order valence-electron chi connectivity index (χ2n) is 19.6. The first-order chi connectivity index (χ1) is 41.4. The van der Waals surface area contributed by atoms with Gasteiger partial charge in [0, 0.05) is 0 Å². The standard InChI is InChI=1S/C69H64O11/c70-60-58(46-75-67(49-28-10-1-11-29-49,50-30-12-2-13-31-50)51-32-14-3-15-33-51)78-65(63(73)62(60)72)80-66(48-77-69(55-40-22-7-23-41-55,56-42-24-8-25-43-56)57-44-26-9-27-45-57)64(74)61(71)59(79-66)47-76-68(52-34-16-4-17-35-52,53-36-18-5-19-37-53)54-38-20-6-21-39-54/h1-45,58-65,70-74H,46-48H2/t58-,59+,60-,61+,62+,63-,64-,65-,66-/m0/s1/i46D2,47D2,48D2. The lowest BCUT2D eigenvalue weighted by Crippen LogP contribution is -2.63. The quantitative estimate of drug-likeness (QED) is 0.0464. The van der Waals surface area contributed by atoms with E-state index in [1.165, 1.54) is 0 Å². The monoisotopic (exact) mass is 1070 g/mol. The lowest BCUT2D eigenvalue weighted by molar-refractivity contribution is -0.389. The third kappa shape index (κ3) is 10.4. The van der Waals surface area contributed by atoms with E-state index < -0.39 is 91.3 Å². The van der Waals surface area contributed by atoms with Crippen molar-refractivity contribution in [3.63, 3.8) is 0 Å². The Morgan fingerprint density at radius 1 is 0.338 bits per heavy atom. The van der Waals surface area contributed by atoms with Gasteiger partial charge in [0.25, 0.3) is 0 Å². The maximum absolute atomic E-state index is 13.0. The molecular formula is C69H64O11. The molecular weight excluding hydrogens is 1000 g/mol. The summed E-state index contributed by atoms with van der Waals surface area (Å²) in [5.74, 6) is -3.58. The molecule has 9 atom stereocenters. The van der Waals surface area contributed by atoms with E-state index in [2.05, 4.69) is 0 Å². The molecule has 2 saturated heterocycles. The molecule has 0 unspecified atom stereocenters. The highest BCUT2D eigenvalue weighted by atomic mass is 16.8. The minimum absolute atomic E-state index is 0.342. The molecule has 2 heterocycles. The highest BCUT2D eigenvalue weighted by Crippen LogP contribution is 2.47. The van der Waals surface area contributed by atoms with Crippen LogP contribution in [0.25, 0.3) is 0 Å². The number of rotatable bonds is 20. The Bertz CT molecular complexity index is 3320. The normalized spacial score (nSPS) is 25.0. The molecule has 0 radical (unpaired) electrons. The predicted molar refractivity (Wildman–Crippen MR) is 303 cm³/mol. The molecule has 9 aromatic rings. The van der Waals surface area contributed by atoms with Crippen LogP contribution in [0, 0.1) is 0 Å². The molecule has 2 fully saturated rings. The van der Waals surface area contributed by atoms with Crippen LogP contribution in [0.3, 0.4) is 0 Å². The van der Waals surface area contributed by atoms with E-state index in [-0.39, 0.29) is 0 Å². The lowest BCUT2D eigenvalue weighted by Gasteiger charge is -2.46. The van der Waals surface area contributed by atoms with E-state index in [9.17, 15) is 33.8 Å². The van der Waals surface area contributed by atoms with Gasteiger partial charge >= 0.3 is 0 Å². The Morgan fingerprint density at radius 2 is 0.600 bits per heavy atom. The van der Waals surface area contributed by atoms with Gasteiger partial charge in [0.05, 0.1) is 21.3 Å². The summed E-state index contributed by atoms with van der Waals surface area (Å²) in [4.78, 5) is 0. The Hall–Kier alpha value is -7.46. The average molecular weight is 1080 g/mol. The molecule has 0 aliphatic carbocycles. The van der Waals surface area contributed by atoms with E-state index in [4.69, 9.17) is 28.4 Å². The summed E-state index contributed by atoms with van der Waals surface area (Å²) in [5, 5.41) is 62.0. The Labute approximate surface area is 474 Å². The highest BCUT2D eigenvalue weighted by molar-refractivity contribution is 5.50. The van der Waals surface area contributed by atoms with Crippen molar-refractivity contribution in [2.24, 2.45) is 0 Å². The van der Waals surface area contributed by atoms with E-state index >= 15 is 0 Å². The molecule has 11 nitrogen and oxygen atoms in total. The van der Waals surface area contributed by atoms with Crippen LogP contribution in [0.5, 0.6) is 0 Å². The summed E-state index contributed by atoms with van der Waals surface area (Å²) >= 11 is 0. The van der Waals surface area contributed by atoms with Gasteiger partial charge in [-0.3, -0.25) is 0 Å². The summed E-state index contributed by atoms with van der Waals surface area (Å²) in [6.45, 7) is -10.2. The Morgan fingerprint density at radius 3 is 0.887 bits per heavy atom. The molecule has 0 spiro atoms. The largest absolute Gasteiger partial charge is 0.387 e. The molecule has 2 aliphatic heterocycles. The van der Waals surface area contributed by atoms with Crippen molar-refractivity contribution < 1.29 is 62.2 Å². The van der Waals surface area contributed by atoms with Gasteiger partial charge in [-0.2, -0.15) is 0 Å². The Kier molecular flexibility index (Phi) is 14.3. The third-order valence-corrected chi connectivity index (χ3v) is 14.8. The van der Waals surface area contributed by atoms with Gasteiger partial charge in [-0.1, -0.05) is 273 Å². The number of ether oxygens (including phenoxy) is 6. The zero-order valence-corrected chi connectivity index (χ0v) is 43.3. The zero-order chi connectivity index (χ0) is 60.4. The fourth-order valence-electron chi connectivity index (χ4n) is 10.8. The maximum atomic E-state index is 13.0. The van der Waals surface area contributed by atoms with E-state index in [1.807, 2.05) is 0 Å². The molecule has 2 aliphatic rings. The summed E-state index contributed by atoms with van der Waals surface area (Å²) in [6, 6.07) is 78.1. The molecule has 0 amide bonds. The molecule has 0 aromatic heterocycles. The number of hydrogen-bond acceptors (Lipinski definition) is 11. The van der Waals surface area contributed by atoms with Gasteiger partial charge in [0.15, 0.2) is 6.29 Å². The first-order valence-corrected chi connectivity index (χ1v) is 26.4. The van der Waals surface area contributed by atoms with Crippen LogP contribution in [-0.2, 0) is 45.2 Å². The van der Waals surface area contributed by atoms with Crippen molar-refractivity contribution >= 4 is 0 Å². The molecule has 11 rings (SSSR count). The molecule has 5 N–H and O–H groups in total. The second kappa shape index (κ2) is 24.1. The number of hydrogen-bond donors (Lipinski definition) is 5. The summed E-state index contributed by atoms with van der Waals surface area (Å²) in [5.41, 5.74) is -2.07. The van der Waals surface area contributed by atoms with Crippen molar-refractivity contribution in [3.05, 3.63) is 323 Å². The van der Waals surface area contributed by atoms with Crippen LogP contribution in [0.15, 0.2) is 273 Å². The number of aliphatic hydroxyl groups excluding tert-OH is 5. The molecule has 406 valence electrons. The SMILES string of the molecule is [2H]C([2H])(OC(c1ccccc1)(c1ccccc1)c1ccccc1)[C@@H]1O[C@@H](O[C@]2(C([2H])([2H])OC(c3ccccc3)(c3ccccc3)c3ccccc3)O[C@H](C([2H])([2H])OC(c3ccccc3)(c3ccccc3)c3ccccc3)[C@@H](O)[C@@H]2O)[C@@H](O)[C@H](O)[C@H]1O. The molecule has 11 heteroatoms. The van der Waals surface area contributed by atoms with Crippen LogP contribution in [0.1, 0.15) is 58.3 Å². The summed E-state index contributed by atoms with van der Waals surface area (Å²) in [6.07, 6.45) is -19.6. The van der Waals surface area contributed by atoms with Gasteiger partial charge in [-0.05, 0) is 50.1 Å². The first kappa shape index (κ1) is 47.4. The van der Waals surface area contributed by atoms with Gasteiger partial charge in [-0.15, -0.1) is 0 Å². The predicted octanol–water partition coefficient (Wildman–Crippen LogP) is 9.65. The number of benzene rings is 9. The zero-order valence-electron chi connectivity index (χ0n) is 49.3. The maximum Gasteiger partial charge on any atom is 0.224 e. The van der Waals surface area contributed by atoms with Crippen molar-refractivity contribution in [3.8, 4) is 0 Å². The van der Waals surface area contributed by atoms with Gasteiger partial charge in [-0.25, -0.2) is 0 Å². The second-order valence-corrected chi connectivity index (χ2v) is 19.6. The van der Waals surface area contributed by atoms with Crippen LogP contribution in [0.4, 0.5) is 0 Å². The molecule has 0 saturated carbocycles.